The number of amides is 1. The predicted octanol–water partition coefficient (Wildman–Crippen LogP) is 5.90. The molecule has 2 saturated carbocycles. The number of carbonyl (C=O) groups excluding carboxylic acids is 1. The van der Waals surface area contributed by atoms with Crippen LogP contribution in [0.3, 0.4) is 0 Å². The summed E-state index contributed by atoms with van der Waals surface area (Å²) in [4.78, 5) is 16.8. The van der Waals surface area contributed by atoms with Gasteiger partial charge in [-0.15, -0.1) is 0 Å². The Labute approximate surface area is 185 Å². The summed E-state index contributed by atoms with van der Waals surface area (Å²) in [5.41, 5.74) is 0.233. The van der Waals surface area contributed by atoms with E-state index in [-0.39, 0.29) is 11.4 Å². The number of carbonyl (C=O) groups is 1. The lowest BCUT2D eigenvalue weighted by Gasteiger charge is -2.20. The first-order valence-corrected chi connectivity index (χ1v) is 12.6. The number of thioether (sulfide) groups is 2. The van der Waals surface area contributed by atoms with Crippen molar-refractivity contribution in [3.63, 3.8) is 0 Å². The van der Waals surface area contributed by atoms with Crippen LogP contribution in [-0.2, 0) is 4.79 Å². The number of aliphatic imine (C=N–C) groups is 1. The summed E-state index contributed by atoms with van der Waals surface area (Å²) in [5, 5.41) is 17.7. The lowest BCUT2D eigenvalue weighted by molar-refractivity contribution is -0.114. The van der Waals surface area contributed by atoms with Crippen LogP contribution in [0.15, 0.2) is 37.3 Å². The fraction of sp³-hybridized carbons (Fsp3) is 0.545. The topological polar surface area (TPSA) is 82.0 Å². The van der Waals surface area contributed by atoms with Gasteiger partial charge in [-0.2, -0.15) is 15.1 Å². The van der Waals surface area contributed by atoms with Crippen molar-refractivity contribution in [2.75, 3.05) is 0 Å². The number of amidine groups is 2. The Bertz CT molecular complexity index is 937. The Morgan fingerprint density at radius 3 is 2.60 bits per heavy atom. The molecule has 30 heavy (non-hydrogen) atoms. The minimum atomic E-state index is -0.392. The molecule has 2 fully saturated rings. The number of hydrazone groups is 1. The van der Waals surface area contributed by atoms with E-state index in [0.29, 0.717) is 22.1 Å². The second-order valence-corrected chi connectivity index (χ2v) is 10.6. The van der Waals surface area contributed by atoms with E-state index in [9.17, 15) is 4.79 Å². The molecule has 0 spiro atoms. The van der Waals surface area contributed by atoms with Crippen molar-refractivity contribution in [2.45, 2.75) is 74.6 Å². The van der Waals surface area contributed by atoms with E-state index in [1.54, 1.807) is 17.8 Å². The van der Waals surface area contributed by atoms with Crippen LogP contribution in [0.25, 0.3) is 6.08 Å². The van der Waals surface area contributed by atoms with Crippen LogP contribution in [-0.4, -0.2) is 32.2 Å². The molecule has 5 rings (SSSR count). The summed E-state index contributed by atoms with van der Waals surface area (Å²) in [6.45, 7) is 0. The smallest absolute Gasteiger partial charge is 0.283 e. The van der Waals surface area contributed by atoms with Crippen molar-refractivity contribution in [3.05, 3.63) is 23.5 Å². The summed E-state index contributed by atoms with van der Waals surface area (Å²) >= 11 is 3.23. The Kier molecular flexibility index (Phi) is 5.87. The molecule has 1 N–H and O–H groups in total. The fourth-order valence-electron chi connectivity index (χ4n) is 4.49. The van der Waals surface area contributed by atoms with Crippen LogP contribution >= 0.6 is 23.5 Å². The van der Waals surface area contributed by atoms with Crippen molar-refractivity contribution in [1.29, 1.82) is 5.41 Å². The summed E-state index contributed by atoms with van der Waals surface area (Å²) in [5.74, 6) is 0.707. The lowest BCUT2D eigenvalue weighted by atomic mass is 9.90. The average Bonchev–Trinajstić information content (AvgIpc) is 3.39. The quantitative estimate of drug-likeness (QED) is 0.587. The standard InChI is InChI=1S/C22H26N4O2S2/c23-19-17(13-15-11-12-18(28-15)29-16-9-5-2-6-10-16)20(27)24-22-26(19)25-21(30-22)14-7-3-1-4-8-14/h11-14,16,23H,1-10H2/b17-13-,23-19?. The maximum atomic E-state index is 12.6. The zero-order valence-electron chi connectivity index (χ0n) is 16.9. The van der Waals surface area contributed by atoms with Gasteiger partial charge in [-0.1, -0.05) is 50.3 Å². The number of hydrogen-bond donors (Lipinski definition) is 1. The molecule has 0 bridgehead atoms. The first kappa shape index (κ1) is 20.1. The van der Waals surface area contributed by atoms with E-state index >= 15 is 0 Å². The first-order valence-electron chi connectivity index (χ1n) is 10.9. The van der Waals surface area contributed by atoms with E-state index in [4.69, 9.17) is 9.83 Å². The predicted molar refractivity (Wildman–Crippen MR) is 123 cm³/mol. The van der Waals surface area contributed by atoms with Gasteiger partial charge in [-0.05, 0) is 55.7 Å². The molecule has 1 aromatic heterocycles. The minimum absolute atomic E-state index is 0.0844. The monoisotopic (exact) mass is 442 g/mol. The third-order valence-corrected chi connectivity index (χ3v) is 8.48. The van der Waals surface area contributed by atoms with Crippen LogP contribution in [0.4, 0.5) is 0 Å². The largest absolute Gasteiger partial charge is 0.450 e. The van der Waals surface area contributed by atoms with Crippen molar-refractivity contribution >= 4 is 51.6 Å². The first-order chi connectivity index (χ1) is 14.7. The summed E-state index contributed by atoms with van der Waals surface area (Å²) in [6, 6.07) is 3.83. The molecule has 1 amide bonds. The Morgan fingerprint density at radius 1 is 1.10 bits per heavy atom. The molecule has 0 radical (unpaired) electrons. The second-order valence-electron chi connectivity index (χ2n) is 8.33. The van der Waals surface area contributed by atoms with E-state index in [1.807, 2.05) is 12.1 Å². The fourth-order valence-corrected chi connectivity index (χ4v) is 6.73. The third kappa shape index (κ3) is 4.17. The van der Waals surface area contributed by atoms with Crippen LogP contribution in [0.1, 0.15) is 70.0 Å². The van der Waals surface area contributed by atoms with Crippen LogP contribution in [0.5, 0.6) is 0 Å². The lowest BCUT2D eigenvalue weighted by Crippen LogP contribution is -2.35. The molecule has 6 nitrogen and oxygen atoms in total. The Morgan fingerprint density at radius 2 is 1.83 bits per heavy atom. The number of nitrogens with zero attached hydrogens (tertiary/aromatic N) is 3. The van der Waals surface area contributed by atoms with Gasteiger partial charge in [0.2, 0.25) is 5.17 Å². The van der Waals surface area contributed by atoms with Gasteiger partial charge in [0.15, 0.2) is 10.9 Å². The van der Waals surface area contributed by atoms with Gasteiger partial charge in [-0.3, -0.25) is 10.2 Å². The van der Waals surface area contributed by atoms with Crippen molar-refractivity contribution in [2.24, 2.45) is 16.0 Å². The highest BCUT2D eigenvalue weighted by molar-refractivity contribution is 8.27. The SMILES string of the molecule is N=C1/C(=C/c2ccc(SC3CCCCC3)o2)C(=O)N=C2SC(C3CCCCC3)=NN12. The van der Waals surface area contributed by atoms with Crippen molar-refractivity contribution in [3.8, 4) is 0 Å². The summed E-state index contributed by atoms with van der Waals surface area (Å²) in [7, 11) is 0. The summed E-state index contributed by atoms with van der Waals surface area (Å²) in [6.07, 6.45) is 14.0. The van der Waals surface area contributed by atoms with E-state index in [1.165, 1.54) is 68.1 Å². The molecular weight excluding hydrogens is 416 g/mol. The van der Waals surface area contributed by atoms with Crippen LogP contribution in [0.2, 0.25) is 0 Å². The van der Waals surface area contributed by atoms with Crippen molar-refractivity contribution < 1.29 is 9.21 Å². The molecule has 158 valence electrons. The van der Waals surface area contributed by atoms with Gasteiger partial charge in [0, 0.05) is 11.2 Å². The van der Waals surface area contributed by atoms with E-state index in [0.717, 1.165) is 23.0 Å². The number of fused-ring (bicyclic) bond motifs is 1. The number of nitrogens with one attached hydrogen (secondary N) is 1. The Balaban J connectivity index is 1.32. The van der Waals surface area contributed by atoms with Gasteiger partial charge < -0.3 is 4.42 Å². The number of furan rings is 1. The molecule has 0 unspecified atom stereocenters. The van der Waals surface area contributed by atoms with Gasteiger partial charge in [0.25, 0.3) is 5.91 Å². The van der Waals surface area contributed by atoms with Gasteiger partial charge >= 0.3 is 0 Å². The molecule has 0 atom stereocenters. The Hall–Kier alpha value is -1.80. The molecule has 4 aliphatic rings. The zero-order chi connectivity index (χ0) is 20.5. The maximum Gasteiger partial charge on any atom is 0.283 e. The molecule has 1 aromatic rings. The van der Waals surface area contributed by atoms with E-state index in [2.05, 4.69) is 10.1 Å². The second kappa shape index (κ2) is 8.75. The van der Waals surface area contributed by atoms with Gasteiger partial charge in [0.1, 0.15) is 10.8 Å². The normalized spacial score (nSPS) is 24.9. The van der Waals surface area contributed by atoms with Crippen LogP contribution < -0.4 is 0 Å². The van der Waals surface area contributed by atoms with Gasteiger partial charge in [0.05, 0.1) is 5.57 Å². The highest BCUT2D eigenvalue weighted by Gasteiger charge is 2.38. The highest BCUT2D eigenvalue weighted by atomic mass is 32.2. The number of rotatable bonds is 4. The minimum Gasteiger partial charge on any atom is -0.450 e. The molecular formula is C22H26N4O2S2. The molecule has 8 heteroatoms. The molecule has 3 heterocycles. The average molecular weight is 443 g/mol. The number of hydrogen-bond acceptors (Lipinski definition) is 6. The molecule has 0 saturated heterocycles. The molecule has 0 aromatic carbocycles. The van der Waals surface area contributed by atoms with Crippen LogP contribution in [0, 0.1) is 11.3 Å². The highest BCUT2D eigenvalue weighted by Crippen LogP contribution is 2.37. The molecule has 2 aliphatic carbocycles. The third-order valence-electron chi connectivity index (χ3n) is 6.15. The van der Waals surface area contributed by atoms with Gasteiger partial charge in [-0.25, -0.2) is 0 Å². The summed E-state index contributed by atoms with van der Waals surface area (Å²) < 4.78 is 5.94. The molecule has 2 aliphatic heterocycles. The van der Waals surface area contributed by atoms with Crippen molar-refractivity contribution in [1.82, 2.24) is 5.01 Å². The van der Waals surface area contributed by atoms with E-state index < -0.39 is 5.91 Å². The zero-order valence-corrected chi connectivity index (χ0v) is 18.6. The maximum absolute atomic E-state index is 12.6.